The zero-order valence-electron chi connectivity index (χ0n) is 14.2. The number of amides is 2. The van der Waals surface area contributed by atoms with Crippen molar-refractivity contribution in [1.82, 2.24) is 15.6 Å². The highest BCUT2D eigenvalue weighted by Crippen LogP contribution is 2.18. The molecule has 0 saturated heterocycles. The molecule has 0 spiro atoms. The van der Waals surface area contributed by atoms with Gasteiger partial charge in [-0.3, -0.25) is 14.6 Å². The number of nitrogens with zero attached hydrogens (tertiary/aromatic N) is 2. The van der Waals surface area contributed by atoms with E-state index in [0.717, 1.165) is 5.69 Å². The fraction of sp³-hybridized carbons (Fsp3) is 0.263. The third-order valence-corrected chi connectivity index (χ3v) is 3.68. The molecule has 0 aliphatic heterocycles. The molecule has 0 saturated carbocycles. The van der Waals surface area contributed by atoms with Gasteiger partial charge in [0.15, 0.2) is 0 Å². The molecule has 6 nitrogen and oxygen atoms in total. The van der Waals surface area contributed by atoms with Crippen LogP contribution in [0.4, 0.5) is 0 Å². The van der Waals surface area contributed by atoms with E-state index in [0.29, 0.717) is 11.1 Å². The van der Waals surface area contributed by atoms with E-state index in [1.165, 1.54) is 0 Å². The Morgan fingerprint density at radius 1 is 1.16 bits per heavy atom. The third kappa shape index (κ3) is 5.15. The Hall–Kier alpha value is -3.20. The minimum Gasteiger partial charge on any atom is -0.346 e. The Balaban J connectivity index is 1.92. The van der Waals surface area contributed by atoms with Gasteiger partial charge in [-0.1, -0.05) is 19.9 Å². The predicted octanol–water partition coefficient (Wildman–Crippen LogP) is 2.20. The molecule has 0 fully saturated rings. The van der Waals surface area contributed by atoms with Crippen LogP contribution in [0.3, 0.4) is 0 Å². The van der Waals surface area contributed by atoms with Crippen LogP contribution in [-0.4, -0.2) is 23.3 Å². The predicted molar refractivity (Wildman–Crippen MR) is 93.4 cm³/mol. The minimum atomic E-state index is -0.362. The van der Waals surface area contributed by atoms with Crippen LogP contribution in [0, 0.1) is 17.2 Å². The summed E-state index contributed by atoms with van der Waals surface area (Å²) in [7, 11) is 0. The smallest absolute Gasteiger partial charge is 0.251 e. The zero-order chi connectivity index (χ0) is 18.2. The number of hydrogen-bond donors (Lipinski definition) is 2. The summed E-state index contributed by atoms with van der Waals surface area (Å²) in [6, 6.07) is 13.5. The summed E-state index contributed by atoms with van der Waals surface area (Å²) >= 11 is 0. The van der Waals surface area contributed by atoms with Gasteiger partial charge in [-0.15, -0.1) is 0 Å². The van der Waals surface area contributed by atoms with Crippen LogP contribution in [0.5, 0.6) is 0 Å². The van der Waals surface area contributed by atoms with Crippen molar-refractivity contribution in [3.8, 4) is 6.07 Å². The van der Waals surface area contributed by atoms with Gasteiger partial charge >= 0.3 is 0 Å². The van der Waals surface area contributed by atoms with Gasteiger partial charge in [0.05, 0.1) is 29.9 Å². The molecule has 2 amide bonds. The summed E-state index contributed by atoms with van der Waals surface area (Å²) in [5, 5.41) is 14.2. The summed E-state index contributed by atoms with van der Waals surface area (Å²) in [4.78, 5) is 28.5. The summed E-state index contributed by atoms with van der Waals surface area (Å²) in [5.41, 5.74) is 1.66. The summed E-state index contributed by atoms with van der Waals surface area (Å²) in [6.07, 6.45) is 1.68. The summed E-state index contributed by atoms with van der Waals surface area (Å²) in [5.74, 6) is -0.488. The fourth-order valence-corrected chi connectivity index (χ4v) is 2.33. The van der Waals surface area contributed by atoms with Crippen molar-refractivity contribution < 1.29 is 9.59 Å². The average molecular weight is 336 g/mol. The summed E-state index contributed by atoms with van der Waals surface area (Å²) in [6.45, 7) is 3.86. The molecule has 0 bridgehead atoms. The van der Waals surface area contributed by atoms with E-state index >= 15 is 0 Å². The summed E-state index contributed by atoms with van der Waals surface area (Å²) < 4.78 is 0. The number of rotatable bonds is 6. The SMILES string of the molecule is CC(C)[C@@H](NC(=O)CNC(=O)c1ccc(C#N)cc1)c1ccccn1. The Bertz CT molecular complexity index is 764. The van der Waals surface area contributed by atoms with Crippen LogP contribution in [0.2, 0.25) is 0 Å². The lowest BCUT2D eigenvalue weighted by Crippen LogP contribution is -2.40. The molecule has 1 atom stereocenters. The third-order valence-electron chi connectivity index (χ3n) is 3.68. The molecule has 0 aliphatic carbocycles. The van der Waals surface area contributed by atoms with Crippen molar-refractivity contribution in [2.24, 2.45) is 5.92 Å². The first kappa shape index (κ1) is 18.1. The Morgan fingerprint density at radius 2 is 1.88 bits per heavy atom. The normalized spacial score (nSPS) is 11.4. The number of pyridine rings is 1. The lowest BCUT2D eigenvalue weighted by Gasteiger charge is -2.22. The molecular weight excluding hydrogens is 316 g/mol. The van der Waals surface area contributed by atoms with Crippen LogP contribution in [-0.2, 0) is 4.79 Å². The second-order valence-electron chi connectivity index (χ2n) is 5.92. The quantitative estimate of drug-likeness (QED) is 0.845. The van der Waals surface area contributed by atoms with Gasteiger partial charge in [-0.2, -0.15) is 5.26 Å². The molecule has 0 unspecified atom stereocenters. The van der Waals surface area contributed by atoms with Gasteiger partial charge < -0.3 is 10.6 Å². The Labute approximate surface area is 146 Å². The molecule has 2 aromatic rings. The van der Waals surface area contributed by atoms with Crippen LogP contribution < -0.4 is 10.6 Å². The average Bonchev–Trinajstić information content (AvgIpc) is 2.64. The zero-order valence-corrected chi connectivity index (χ0v) is 14.2. The van der Waals surface area contributed by atoms with Gasteiger partial charge in [0.2, 0.25) is 5.91 Å². The second kappa shape index (κ2) is 8.60. The van der Waals surface area contributed by atoms with E-state index in [1.807, 2.05) is 38.1 Å². The van der Waals surface area contributed by atoms with Crippen LogP contribution in [0.1, 0.15) is 41.5 Å². The number of carbonyl (C=O) groups is 2. The van der Waals surface area contributed by atoms with Crippen molar-refractivity contribution in [3.63, 3.8) is 0 Å². The van der Waals surface area contributed by atoms with E-state index in [9.17, 15) is 9.59 Å². The maximum atomic E-state index is 12.2. The van der Waals surface area contributed by atoms with E-state index in [4.69, 9.17) is 5.26 Å². The van der Waals surface area contributed by atoms with Crippen LogP contribution in [0.15, 0.2) is 48.7 Å². The van der Waals surface area contributed by atoms with Crippen LogP contribution in [0.25, 0.3) is 0 Å². The number of nitriles is 1. The van der Waals surface area contributed by atoms with Gasteiger partial charge in [0.25, 0.3) is 5.91 Å². The first-order valence-electron chi connectivity index (χ1n) is 8.00. The molecule has 2 rings (SSSR count). The highest BCUT2D eigenvalue weighted by atomic mass is 16.2. The van der Waals surface area contributed by atoms with E-state index in [2.05, 4.69) is 15.6 Å². The van der Waals surface area contributed by atoms with Gasteiger partial charge in [0, 0.05) is 11.8 Å². The van der Waals surface area contributed by atoms with Crippen molar-refractivity contribution in [2.75, 3.05) is 6.54 Å². The monoisotopic (exact) mass is 336 g/mol. The standard InChI is InChI=1S/C19H20N4O2/c1-13(2)18(16-5-3-4-10-21-16)23-17(24)12-22-19(25)15-8-6-14(11-20)7-9-15/h3-10,13,18H,12H2,1-2H3,(H,22,25)(H,23,24)/t18-/m1/s1. The van der Waals surface area contributed by atoms with Crippen molar-refractivity contribution in [1.29, 1.82) is 5.26 Å². The lowest BCUT2D eigenvalue weighted by atomic mass is 10.0. The first-order chi connectivity index (χ1) is 12.0. The number of carbonyl (C=O) groups excluding carboxylic acids is 2. The topological polar surface area (TPSA) is 94.9 Å². The second-order valence-corrected chi connectivity index (χ2v) is 5.92. The lowest BCUT2D eigenvalue weighted by molar-refractivity contribution is -0.121. The number of aromatic nitrogens is 1. The number of benzene rings is 1. The largest absolute Gasteiger partial charge is 0.346 e. The molecule has 0 radical (unpaired) electrons. The highest BCUT2D eigenvalue weighted by Gasteiger charge is 2.19. The molecule has 128 valence electrons. The minimum absolute atomic E-state index is 0.130. The number of nitrogens with one attached hydrogen (secondary N) is 2. The number of hydrogen-bond acceptors (Lipinski definition) is 4. The molecular formula is C19H20N4O2. The van der Waals surface area contributed by atoms with Crippen molar-refractivity contribution in [3.05, 3.63) is 65.5 Å². The van der Waals surface area contributed by atoms with Crippen LogP contribution >= 0.6 is 0 Å². The maximum absolute atomic E-state index is 12.2. The molecule has 0 aliphatic rings. The van der Waals surface area contributed by atoms with E-state index < -0.39 is 0 Å². The molecule has 25 heavy (non-hydrogen) atoms. The highest BCUT2D eigenvalue weighted by molar-refractivity contribution is 5.96. The van der Waals surface area contributed by atoms with Gasteiger partial charge in [0.1, 0.15) is 0 Å². The van der Waals surface area contributed by atoms with Crippen molar-refractivity contribution in [2.45, 2.75) is 19.9 Å². The van der Waals surface area contributed by atoms with Gasteiger partial charge in [-0.25, -0.2) is 0 Å². The fourth-order valence-electron chi connectivity index (χ4n) is 2.33. The Kier molecular flexibility index (Phi) is 6.24. The molecule has 1 aromatic heterocycles. The van der Waals surface area contributed by atoms with E-state index in [1.54, 1.807) is 30.5 Å². The molecule has 1 heterocycles. The molecule has 2 N–H and O–H groups in total. The van der Waals surface area contributed by atoms with Crippen molar-refractivity contribution >= 4 is 11.8 Å². The maximum Gasteiger partial charge on any atom is 0.251 e. The first-order valence-corrected chi connectivity index (χ1v) is 8.00. The van der Waals surface area contributed by atoms with E-state index in [-0.39, 0.29) is 30.3 Å². The van der Waals surface area contributed by atoms with Gasteiger partial charge in [-0.05, 0) is 42.3 Å². The molecule has 6 heteroatoms. The molecule has 1 aromatic carbocycles. The Morgan fingerprint density at radius 3 is 2.44 bits per heavy atom.